The van der Waals surface area contributed by atoms with E-state index < -0.39 is 0 Å². The minimum absolute atomic E-state index is 0.130. The fourth-order valence-electron chi connectivity index (χ4n) is 2.76. The number of anilines is 2. The molecule has 6 nitrogen and oxygen atoms in total. The van der Waals surface area contributed by atoms with Gasteiger partial charge in [-0.1, -0.05) is 12.8 Å². The second-order valence-electron chi connectivity index (χ2n) is 5.15. The van der Waals surface area contributed by atoms with Crippen molar-refractivity contribution in [3.63, 3.8) is 0 Å². The number of nitrogens with one attached hydrogen (secondary N) is 2. The molecule has 0 radical (unpaired) electrons. The van der Waals surface area contributed by atoms with Crippen LogP contribution < -0.4 is 10.6 Å². The van der Waals surface area contributed by atoms with Crippen LogP contribution in [0.25, 0.3) is 5.65 Å². The number of hydrogen-bond acceptors (Lipinski definition) is 5. The second kappa shape index (κ2) is 4.70. The molecule has 1 saturated carbocycles. The van der Waals surface area contributed by atoms with Gasteiger partial charge >= 0.3 is 0 Å². The van der Waals surface area contributed by atoms with Crippen molar-refractivity contribution in [2.45, 2.75) is 31.2 Å². The lowest BCUT2D eigenvalue weighted by molar-refractivity contribution is 0.214. The molecule has 1 aliphatic carbocycles. The number of imidazole rings is 1. The maximum Gasteiger partial charge on any atom is 0.180 e. The Kier molecular flexibility index (Phi) is 3.02. The summed E-state index contributed by atoms with van der Waals surface area (Å²) in [6.07, 6.45) is 9.77. The summed E-state index contributed by atoms with van der Waals surface area (Å²) in [5.74, 6) is 1.51. The molecule has 0 spiro atoms. The molecule has 19 heavy (non-hydrogen) atoms. The SMILES string of the molecule is CNc1cn2ccnc2c(NC2(CO)CCCC2)n1. The highest BCUT2D eigenvalue weighted by Crippen LogP contribution is 2.33. The number of rotatable bonds is 4. The maximum absolute atomic E-state index is 9.69. The van der Waals surface area contributed by atoms with Crippen LogP contribution in [0.2, 0.25) is 0 Å². The summed E-state index contributed by atoms with van der Waals surface area (Å²) in [6, 6.07) is 0. The third-order valence-electron chi connectivity index (χ3n) is 3.88. The molecule has 2 aromatic rings. The monoisotopic (exact) mass is 261 g/mol. The number of aliphatic hydroxyl groups is 1. The Morgan fingerprint density at radius 3 is 2.89 bits per heavy atom. The van der Waals surface area contributed by atoms with Crippen LogP contribution in [0.15, 0.2) is 18.6 Å². The topological polar surface area (TPSA) is 74.5 Å². The molecule has 1 fully saturated rings. The Hall–Kier alpha value is -1.82. The molecule has 2 heterocycles. The molecule has 102 valence electrons. The largest absolute Gasteiger partial charge is 0.394 e. The van der Waals surface area contributed by atoms with Crippen LogP contribution in [0.3, 0.4) is 0 Å². The van der Waals surface area contributed by atoms with Crippen LogP contribution in [0.4, 0.5) is 11.6 Å². The minimum Gasteiger partial charge on any atom is -0.394 e. The normalized spacial score (nSPS) is 17.8. The van der Waals surface area contributed by atoms with E-state index in [2.05, 4.69) is 20.6 Å². The van der Waals surface area contributed by atoms with E-state index in [-0.39, 0.29) is 12.1 Å². The first-order chi connectivity index (χ1) is 9.26. The van der Waals surface area contributed by atoms with E-state index in [1.807, 2.05) is 23.8 Å². The van der Waals surface area contributed by atoms with Crippen molar-refractivity contribution in [2.24, 2.45) is 0 Å². The van der Waals surface area contributed by atoms with Gasteiger partial charge in [0.2, 0.25) is 0 Å². The van der Waals surface area contributed by atoms with Gasteiger partial charge in [-0.2, -0.15) is 0 Å². The van der Waals surface area contributed by atoms with Gasteiger partial charge in [-0.05, 0) is 12.8 Å². The van der Waals surface area contributed by atoms with Crippen LogP contribution in [0.1, 0.15) is 25.7 Å². The van der Waals surface area contributed by atoms with Gasteiger partial charge in [-0.3, -0.25) is 0 Å². The standard InChI is InChI=1S/C13H19N5O/c1-14-10-8-18-7-6-15-12(18)11(16-10)17-13(9-19)4-2-3-5-13/h6-8,14,19H,2-5,9H2,1H3,(H,16,17). The van der Waals surface area contributed by atoms with Crippen LogP contribution >= 0.6 is 0 Å². The highest BCUT2D eigenvalue weighted by molar-refractivity contribution is 5.66. The molecule has 0 amide bonds. The van der Waals surface area contributed by atoms with E-state index in [0.29, 0.717) is 0 Å². The predicted molar refractivity (Wildman–Crippen MR) is 74.4 cm³/mol. The highest BCUT2D eigenvalue weighted by atomic mass is 16.3. The quantitative estimate of drug-likeness (QED) is 0.777. The molecular weight excluding hydrogens is 242 g/mol. The molecule has 0 aromatic carbocycles. The zero-order chi connectivity index (χ0) is 13.3. The van der Waals surface area contributed by atoms with Crippen molar-refractivity contribution in [1.82, 2.24) is 14.4 Å². The van der Waals surface area contributed by atoms with Crippen LogP contribution in [-0.4, -0.2) is 38.7 Å². The summed E-state index contributed by atoms with van der Waals surface area (Å²) in [4.78, 5) is 8.86. The summed E-state index contributed by atoms with van der Waals surface area (Å²) in [5, 5.41) is 16.2. The molecular formula is C13H19N5O. The first-order valence-corrected chi connectivity index (χ1v) is 6.67. The number of aromatic nitrogens is 3. The summed E-state index contributed by atoms with van der Waals surface area (Å²) in [7, 11) is 1.84. The molecule has 6 heteroatoms. The van der Waals surface area contributed by atoms with Gasteiger partial charge in [0.15, 0.2) is 11.5 Å². The van der Waals surface area contributed by atoms with E-state index in [1.54, 1.807) is 6.20 Å². The summed E-state index contributed by atoms with van der Waals surface area (Å²) in [6.45, 7) is 0.130. The smallest absolute Gasteiger partial charge is 0.180 e. The Labute approximate surface area is 111 Å². The van der Waals surface area contributed by atoms with Gasteiger partial charge in [0.1, 0.15) is 5.82 Å². The number of hydrogen-bond donors (Lipinski definition) is 3. The van der Waals surface area contributed by atoms with Gasteiger partial charge in [0, 0.05) is 19.4 Å². The molecule has 0 unspecified atom stereocenters. The molecule has 3 rings (SSSR count). The average Bonchev–Trinajstić information content (AvgIpc) is 3.07. The fourth-order valence-corrected chi connectivity index (χ4v) is 2.76. The zero-order valence-corrected chi connectivity index (χ0v) is 11.1. The van der Waals surface area contributed by atoms with Gasteiger partial charge in [0.25, 0.3) is 0 Å². The van der Waals surface area contributed by atoms with E-state index in [9.17, 15) is 5.11 Å². The third kappa shape index (κ3) is 2.12. The summed E-state index contributed by atoms with van der Waals surface area (Å²) in [5.41, 5.74) is 0.546. The molecule has 0 aliphatic heterocycles. The van der Waals surface area contributed by atoms with Crippen molar-refractivity contribution in [2.75, 3.05) is 24.3 Å². The minimum atomic E-state index is -0.244. The molecule has 1 aliphatic rings. The van der Waals surface area contributed by atoms with Crippen LogP contribution in [0.5, 0.6) is 0 Å². The fraction of sp³-hybridized carbons (Fsp3) is 0.538. The second-order valence-corrected chi connectivity index (χ2v) is 5.15. The zero-order valence-electron chi connectivity index (χ0n) is 11.1. The summed E-state index contributed by atoms with van der Waals surface area (Å²) >= 11 is 0. The number of aliphatic hydroxyl groups excluding tert-OH is 1. The molecule has 0 saturated heterocycles. The predicted octanol–water partition coefficient (Wildman–Crippen LogP) is 1.49. The maximum atomic E-state index is 9.69. The molecule has 0 bridgehead atoms. The van der Waals surface area contributed by atoms with E-state index >= 15 is 0 Å². The van der Waals surface area contributed by atoms with Crippen molar-refractivity contribution in [3.8, 4) is 0 Å². The van der Waals surface area contributed by atoms with Crippen LogP contribution in [0, 0.1) is 0 Å². The molecule has 3 N–H and O–H groups in total. The lowest BCUT2D eigenvalue weighted by atomic mass is 9.99. The van der Waals surface area contributed by atoms with E-state index in [0.717, 1.165) is 43.0 Å². The van der Waals surface area contributed by atoms with Crippen LogP contribution in [-0.2, 0) is 0 Å². The van der Waals surface area contributed by atoms with E-state index in [1.165, 1.54) is 0 Å². The van der Waals surface area contributed by atoms with Gasteiger partial charge in [-0.15, -0.1) is 0 Å². The molecule has 0 atom stereocenters. The van der Waals surface area contributed by atoms with E-state index in [4.69, 9.17) is 0 Å². The van der Waals surface area contributed by atoms with Crippen molar-refractivity contribution < 1.29 is 5.11 Å². The van der Waals surface area contributed by atoms with Crippen molar-refractivity contribution in [3.05, 3.63) is 18.6 Å². The first kappa shape index (κ1) is 12.2. The van der Waals surface area contributed by atoms with Crippen molar-refractivity contribution in [1.29, 1.82) is 0 Å². The number of nitrogens with zero attached hydrogens (tertiary/aromatic N) is 3. The Morgan fingerprint density at radius 1 is 1.42 bits per heavy atom. The lowest BCUT2D eigenvalue weighted by Gasteiger charge is -2.28. The lowest BCUT2D eigenvalue weighted by Crippen LogP contribution is -2.39. The third-order valence-corrected chi connectivity index (χ3v) is 3.88. The first-order valence-electron chi connectivity index (χ1n) is 6.67. The highest BCUT2D eigenvalue weighted by Gasteiger charge is 2.34. The van der Waals surface area contributed by atoms with Gasteiger partial charge in [-0.25, -0.2) is 9.97 Å². The Morgan fingerprint density at radius 2 is 2.21 bits per heavy atom. The van der Waals surface area contributed by atoms with Crippen molar-refractivity contribution >= 4 is 17.3 Å². The van der Waals surface area contributed by atoms with Gasteiger partial charge < -0.3 is 20.1 Å². The van der Waals surface area contributed by atoms with Gasteiger partial charge in [0.05, 0.1) is 18.3 Å². The Balaban J connectivity index is 2.01. The Bertz CT molecular complexity index is 573. The molecule has 2 aromatic heterocycles. The summed E-state index contributed by atoms with van der Waals surface area (Å²) < 4.78 is 1.93. The average molecular weight is 261 g/mol. The number of fused-ring (bicyclic) bond motifs is 1.